The summed E-state index contributed by atoms with van der Waals surface area (Å²) < 4.78 is 13.7. The molecule has 0 atom stereocenters. The molecule has 5 heteroatoms. The minimum absolute atomic E-state index is 0.00206. The predicted octanol–water partition coefficient (Wildman–Crippen LogP) is 3.16. The van der Waals surface area contributed by atoms with Crippen molar-refractivity contribution < 1.29 is 14.0 Å². The fourth-order valence-corrected chi connectivity index (χ4v) is 1.60. The molecule has 1 saturated carbocycles. The van der Waals surface area contributed by atoms with Crippen molar-refractivity contribution in [1.29, 1.82) is 0 Å². The van der Waals surface area contributed by atoms with Crippen molar-refractivity contribution >= 4 is 23.2 Å². The Hall–Kier alpha value is -1.91. The van der Waals surface area contributed by atoms with Gasteiger partial charge in [-0.2, -0.15) is 0 Å². The molecule has 0 bridgehead atoms. The molecular formula is C15H19FN2O2. The van der Waals surface area contributed by atoms with E-state index in [1.54, 1.807) is 20.8 Å². The summed E-state index contributed by atoms with van der Waals surface area (Å²) in [5.74, 6) is -0.832. The Labute approximate surface area is 117 Å². The highest BCUT2D eigenvalue weighted by atomic mass is 19.1. The lowest BCUT2D eigenvalue weighted by Gasteiger charge is -2.18. The Bertz CT molecular complexity index is 545. The summed E-state index contributed by atoms with van der Waals surface area (Å²) in [5.41, 5.74) is 0.0391. The predicted molar refractivity (Wildman–Crippen MR) is 75.8 cm³/mol. The normalized spacial score (nSPS) is 14.8. The minimum Gasteiger partial charge on any atom is -0.326 e. The van der Waals surface area contributed by atoms with Crippen LogP contribution in [0.25, 0.3) is 0 Å². The molecule has 2 rings (SSSR count). The Morgan fingerprint density at radius 2 is 1.85 bits per heavy atom. The zero-order valence-corrected chi connectivity index (χ0v) is 11.9. The van der Waals surface area contributed by atoms with Crippen LogP contribution >= 0.6 is 0 Å². The molecule has 1 aliphatic carbocycles. The highest BCUT2D eigenvalue weighted by molar-refractivity contribution is 5.97. The van der Waals surface area contributed by atoms with Gasteiger partial charge in [0, 0.05) is 17.0 Å². The zero-order valence-electron chi connectivity index (χ0n) is 11.9. The van der Waals surface area contributed by atoms with Gasteiger partial charge in [0.1, 0.15) is 5.82 Å². The van der Waals surface area contributed by atoms with E-state index in [4.69, 9.17) is 0 Å². The average molecular weight is 278 g/mol. The van der Waals surface area contributed by atoms with E-state index in [9.17, 15) is 14.0 Å². The molecule has 20 heavy (non-hydrogen) atoms. The van der Waals surface area contributed by atoms with Crippen molar-refractivity contribution in [2.75, 3.05) is 10.6 Å². The third-order valence-corrected chi connectivity index (χ3v) is 3.11. The molecule has 0 heterocycles. The molecular weight excluding hydrogens is 259 g/mol. The maximum atomic E-state index is 13.7. The van der Waals surface area contributed by atoms with Crippen LogP contribution in [0.15, 0.2) is 18.2 Å². The van der Waals surface area contributed by atoms with Crippen LogP contribution < -0.4 is 10.6 Å². The topological polar surface area (TPSA) is 58.2 Å². The number of anilines is 2. The van der Waals surface area contributed by atoms with Gasteiger partial charge >= 0.3 is 0 Å². The van der Waals surface area contributed by atoms with Crippen LogP contribution in [0, 0.1) is 17.2 Å². The van der Waals surface area contributed by atoms with Gasteiger partial charge in [-0.05, 0) is 31.0 Å². The van der Waals surface area contributed by atoms with Gasteiger partial charge in [-0.25, -0.2) is 4.39 Å². The number of hydrogen-bond donors (Lipinski definition) is 2. The van der Waals surface area contributed by atoms with Crippen molar-refractivity contribution in [3.63, 3.8) is 0 Å². The molecule has 0 spiro atoms. The monoisotopic (exact) mass is 278 g/mol. The van der Waals surface area contributed by atoms with Crippen LogP contribution in [0.1, 0.15) is 33.6 Å². The van der Waals surface area contributed by atoms with Gasteiger partial charge in [-0.1, -0.05) is 20.8 Å². The van der Waals surface area contributed by atoms with Gasteiger partial charge in [0.25, 0.3) is 0 Å². The third kappa shape index (κ3) is 3.56. The highest BCUT2D eigenvalue weighted by Crippen LogP contribution is 2.31. The molecule has 2 N–H and O–H groups in total. The second-order valence-electron chi connectivity index (χ2n) is 6.16. The van der Waals surface area contributed by atoms with Crippen molar-refractivity contribution in [2.24, 2.45) is 11.3 Å². The first kappa shape index (κ1) is 14.5. The van der Waals surface area contributed by atoms with Gasteiger partial charge < -0.3 is 10.6 Å². The van der Waals surface area contributed by atoms with E-state index in [2.05, 4.69) is 10.6 Å². The highest BCUT2D eigenvalue weighted by Gasteiger charge is 2.30. The van der Waals surface area contributed by atoms with E-state index in [1.807, 2.05) is 0 Å². The Morgan fingerprint density at radius 3 is 2.40 bits per heavy atom. The number of rotatable bonds is 3. The number of amides is 2. The van der Waals surface area contributed by atoms with Crippen LogP contribution in [0.5, 0.6) is 0 Å². The van der Waals surface area contributed by atoms with Crippen molar-refractivity contribution in [3.05, 3.63) is 24.0 Å². The molecule has 0 unspecified atom stereocenters. The number of benzene rings is 1. The smallest absolute Gasteiger partial charge is 0.229 e. The molecule has 1 fully saturated rings. The summed E-state index contributed by atoms with van der Waals surface area (Å²) in [6.07, 6.45) is 1.71. The summed E-state index contributed by atoms with van der Waals surface area (Å²) >= 11 is 0. The lowest BCUT2D eigenvalue weighted by Crippen LogP contribution is -2.27. The van der Waals surface area contributed by atoms with Gasteiger partial charge in [0.15, 0.2) is 0 Å². The summed E-state index contributed by atoms with van der Waals surface area (Å²) in [5, 5.41) is 5.27. The Morgan fingerprint density at radius 1 is 1.20 bits per heavy atom. The minimum atomic E-state index is -0.536. The number of hydrogen-bond acceptors (Lipinski definition) is 2. The standard InChI is InChI=1S/C15H19FN2O2/c1-15(2,3)14(20)17-10-6-7-11(16)12(8-10)18-13(19)9-4-5-9/h6-9H,4-5H2,1-3H3,(H,17,20)(H,18,19). The van der Waals surface area contributed by atoms with Crippen LogP contribution in [0.3, 0.4) is 0 Å². The second kappa shape index (κ2) is 5.23. The van der Waals surface area contributed by atoms with Gasteiger partial charge in [-0.15, -0.1) is 0 Å². The first-order chi connectivity index (χ1) is 9.27. The van der Waals surface area contributed by atoms with Crippen LogP contribution in [0.2, 0.25) is 0 Å². The lowest BCUT2D eigenvalue weighted by molar-refractivity contribution is -0.123. The number of nitrogens with one attached hydrogen (secondary N) is 2. The molecule has 0 aliphatic heterocycles. The largest absolute Gasteiger partial charge is 0.326 e. The number of halogens is 1. The third-order valence-electron chi connectivity index (χ3n) is 3.11. The summed E-state index contributed by atoms with van der Waals surface area (Å²) in [6, 6.07) is 4.16. The van der Waals surface area contributed by atoms with E-state index in [-0.39, 0.29) is 23.4 Å². The molecule has 1 aliphatic rings. The van der Waals surface area contributed by atoms with E-state index in [0.717, 1.165) is 12.8 Å². The molecule has 4 nitrogen and oxygen atoms in total. The van der Waals surface area contributed by atoms with Crippen LogP contribution in [-0.2, 0) is 9.59 Å². The molecule has 0 radical (unpaired) electrons. The molecule has 1 aromatic carbocycles. The molecule has 2 amide bonds. The second-order valence-corrected chi connectivity index (χ2v) is 6.16. The van der Waals surface area contributed by atoms with E-state index >= 15 is 0 Å². The average Bonchev–Trinajstić information content (AvgIpc) is 3.16. The fraction of sp³-hybridized carbons (Fsp3) is 0.467. The van der Waals surface area contributed by atoms with Crippen LogP contribution in [-0.4, -0.2) is 11.8 Å². The quantitative estimate of drug-likeness (QED) is 0.892. The van der Waals surface area contributed by atoms with E-state index in [1.165, 1.54) is 18.2 Å². The first-order valence-corrected chi connectivity index (χ1v) is 6.69. The van der Waals surface area contributed by atoms with Gasteiger partial charge in [0.2, 0.25) is 11.8 Å². The maximum absolute atomic E-state index is 13.7. The van der Waals surface area contributed by atoms with E-state index in [0.29, 0.717) is 5.69 Å². The van der Waals surface area contributed by atoms with Crippen LogP contribution in [0.4, 0.5) is 15.8 Å². The van der Waals surface area contributed by atoms with Crippen molar-refractivity contribution in [2.45, 2.75) is 33.6 Å². The molecule has 108 valence electrons. The van der Waals surface area contributed by atoms with Gasteiger partial charge in [0.05, 0.1) is 5.69 Å². The Kier molecular flexibility index (Phi) is 3.79. The van der Waals surface area contributed by atoms with Crippen molar-refractivity contribution in [3.8, 4) is 0 Å². The lowest BCUT2D eigenvalue weighted by atomic mass is 9.95. The zero-order chi connectivity index (χ0) is 14.9. The molecule has 0 saturated heterocycles. The SMILES string of the molecule is CC(C)(C)C(=O)Nc1ccc(F)c(NC(=O)C2CC2)c1. The molecule has 1 aromatic rings. The Balaban J connectivity index is 2.11. The van der Waals surface area contributed by atoms with Crippen molar-refractivity contribution in [1.82, 2.24) is 0 Å². The summed E-state index contributed by atoms with van der Waals surface area (Å²) in [6.45, 7) is 5.38. The van der Waals surface area contributed by atoms with Gasteiger partial charge in [-0.3, -0.25) is 9.59 Å². The summed E-state index contributed by atoms with van der Waals surface area (Å²) in [4.78, 5) is 23.5. The fourth-order valence-electron chi connectivity index (χ4n) is 1.60. The number of carbonyl (C=O) groups is 2. The first-order valence-electron chi connectivity index (χ1n) is 6.69. The summed E-state index contributed by atoms with van der Waals surface area (Å²) in [7, 11) is 0. The number of carbonyl (C=O) groups excluding carboxylic acids is 2. The van der Waals surface area contributed by atoms with E-state index < -0.39 is 11.2 Å². The maximum Gasteiger partial charge on any atom is 0.229 e. The molecule has 0 aromatic heterocycles.